The molecule has 1 atom stereocenters. The number of aromatic nitrogens is 2. The number of ketones is 1. The first-order valence-electron chi connectivity index (χ1n) is 10.7. The molecular weight excluding hydrogens is 505 g/mol. The number of aliphatic hydroxyl groups is 1. The number of carbonyl (C=O) groups is 2. The Labute approximate surface area is 213 Å². The van der Waals surface area contributed by atoms with Crippen molar-refractivity contribution in [3.8, 4) is 5.75 Å². The third kappa shape index (κ3) is 4.50. The molecule has 5 rings (SSSR count). The maximum Gasteiger partial charge on any atom is 0.296 e. The quantitative estimate of drug-likeness (QED) is 0.187. The minimum Gasteiger partial charge on any atom is -0.503 e. The topological polar surface area (TPSA) is 106 Å². The van der Waals surface area contributed by atoms with Crippen LogP contribution in [0.2, 0.25) is 0 Å². The molecular formula is C25H18FN3O5S2. The third-order valence-corrected chi connectivity index (χ3v) is 7.61. The molecule has 1 aliphatic heterocycles. The van der Waals surface area contributed by atoms with Crippen LogP contribution in [0.3, 0.4) is 0 Å². The number of halogens is 1. The molecule has 0 radical (unpaired) electrons. The fourth-order valence-corrected chi connectivity index (χ4v) is 5.61. The summed E-state index contributed by atoms with van der Waals surface area (Å²) in [6.45, 7) is 0. The van der Waals surface area contributed by atoms with Gasteiger partial charge in [0.1, 0.15) is 11.6 Å². The van der Waals surface area contributed by atoms with Crippen LogP contribution in [-0.2, 0) is 10.5 Å². The van der Waals surface area contributed by atoms with Gasteiger partial charge in [0.25, 0.3) is 5.91 Å². The lowest BCUT2D eigenvalue weighted by Gasteiger charge is -2.24. The number of hydrogen-bond acceptors (Lipinski definition) is 9. The van der Waals surface area contributed by atoms with Gasteiger partial charge in [-0.2, -0.15) is 0 Å². The Balaban J connectivity index is 1.49. The maximum absolute atomic E-state index is 13.3. The van der Waals surface area contributed by atoms with E-state index in [2.05, 4.69) is 10.2 Å². The van der Waals surface area contributed by atoms with E-state index in [1.54, 1.807) is 42.5 Å². The summed E-state index contributed by atoms with van der Waals surface area (Å²) in [5, 5.41) is 19.4. The molecule has 4 aromatic rings. The highest BCUT2D eigenvalue weighted by Gasteiger charge is 2.46. The molecule has 1 N–H and O–H groups in total. The van der Waals surface area contributed by atoms with Crippen molar-refractivity contribution in [2.24, 2.45) is 0 Å². The number of anilines is 1. The van der Waals surface area contributed by atoms with E-state index in [1.165, 1.54) is 48.2 Å². The second-order valence-corrected chi connectivity index (χ2v) is 9.87. The number of furan rings is 1. The Bertz CT molecular complexity index is 1450. The number of methoxy groups -OCH3 is 1. The number of rotatable bonds is 8. The molecule has 8 nitrogen and oxygen atoms in total. The van der Waals surface area contributed by atoms with Crippen molar-refractivity contribution in [1.82, 2.24) is 10.2 Å². The summed E-state index contributed by atoms with van der Waals surface area (Å²) in [5.41, 5.74) is 1.31. The third-order valence-electron chi connectivity index (χ3n) is 5.48. The van der Waals surface area contributed by atoms with Crippen molar-refractivity contribution in [2.75, 3.05) is 12.0 Å². The first-order chi connectivity index (χ1) is 17.5. The van der Waals surface area contributed by atoms with Crippen LogP contribution in [0.1, 0.15) is 27.7 Å². The van der Waals surface area contributed by atoms with E-state index >= 15 is 0 Å². The minimum absolute atomic E-state index is 0.00750. The Hall–Kier alpha value is -3.96. The number of benzene rings is 2. The fraction of sp³-hybridized carbons (Fsp3) is 0.120. The molecule has 11 heteroatoms. The molecule has 3 heterocycles. The van der Waals surface area contributed by atoms with Gasteiger partial charge in [0.2, 0.25) is 10.9 Å². The van der Waals surface area contributed by atoms with E-state index in [0.717, 1.165) is 16.9 Å². The number of thioether (sulfide) groups is 1. The number of aliphatic hydroxyl groups excluding tert-OH is 1. The van der Waals surface area contributed by atoms with Crippen molar-refractivity contribution in [3.05, 3.63) is 101 Å². The van der Waals surface area contributed by atoms with Gasteiger partial charge in [-0.15, -0.1) is 10.2 Å². The summed E-state index contributed by atoms with van der Waals surface area (Å²) in [6.07, 6.45) is 1.34. The Kier molecular flexibility index (Phi) is 6.57. The van der Waals surface area contributed by atoms with E-state index in [0.29, 0.717) is 21.4 Å². The molecule has 0 aliphatic carbocycles. The highest BCUT2D eigenvalue weighted by Crippen LogP contribution is 2.44. The largest absolute Gasteiger partial charge is 0.503 e. The van der Waals surface area contributed by atoms with E-state index in [4.69, 9.17) is 9.15 Å². The van der Waals surface area contributed by atoms with Gasteiger partial charge in [-0.25, -0.2) is 4.39 Å². The molecule has 182 valence electrons. The Morgan fingerprint density at radius 2 is 2.00 bits per heavy atom. The lowest BCUT2D eigenvalue weighted by atomic mass is 9.95. The van der Waals surface area contributed by atoms with Crippen LogP contribution in [0.4, 0.5) is 9.52 Å². The second-order valence-electron chi connectivity index (χ2n) is 7.69. The monoisotopic (exact) mass is 523 g/mol. The van der Waals surface area contributed by atoms with Crippen molar-refractivity contribution in [2.45, 2.75) is 16.1 Å². The van der Waals surface area contributed by atoms with Crippen molar-refractivity contribution in [3.63, 3.8) is 0 Å². The molecule has 0 spiro atoms. The molecule has 2 aromatic carbocycles. The molecule has 1 amide bonds. The van der Waals surface area contributed by atoms with Gasteiger partial charge in [0, 0.05) is 5.75 Å². The van der Waals surface area contributed by atoms with Crippen LogP contribution in [0.25, 0.3) is 0 Å². The predicted molar refractivity (Wildman–Crippen MR) is 132 cm³/mol. The normalized spacial score (nSPS) is 15.6. The minimum atomic E-state index is -0.979. The molecule has 1 aliphatic rings. The van der Waals surface area contributed by atoms with E-state index in [-0.39, 0.29) is 22.3 Å². The summed E-state index contributed by atoms with van der Waals surface area (Å²) in [4.78, 5) is 27.8. The van der Waals surface area contributed by atoms with Gasteiger partial charge in [0.05, 0.1) is 25.0 Å². The molecule has 0 saturated carbocycles. The van der Waals surface area contributed by atoms with E-state index in [1.807, 2.05) is 0 Å². The van der Waals surface area contributed by atoms with Gasteiger partial charge >= 0.3 is 0 Å². The molecule has 0 bridgehead atoms. The van der Waals surface area contributed by atoms with E-state index in [9.17, 15) is 19.1 Å². The number of hydrogen-bond donors (Lipinski definition) is 1. The van der Waals surface area contributed by atoms with E-state index < -0.39 is 23.5 Å². The first-order valence-corrected chi connectivity index (χ1v) is 12.5. The van der Waals surface area contributed by atoms with Gasteiger partial charge in [-0.1, -0.05) is 47.4 Å². The van der Waals surface area contributed by atoms with Crippen molar-refractivity contribution in [1.29, 1.82) is 0 Å². The smallest absolute Gasteiger partial charge is 0.296 e. The number of nitrogens with zero attached hydrogens (tertiary/aromatic N) is 3. The summed E-state index contributed by atoms with van der Waals surface area (Å²) in [6, 6.07) is 15.0. The number of ether oxygens (including phenoxy) is 1. The maximum atomic E-state index is 13.3. The van der Waals surface area contributed by atoms with Gasteiger partial charge < -0.3 is 14.3 Å². The number of Topliss-reactive ketones (excluding diaryl/α,β-unsaturated/α-hetero) is 1. The molecule has 1 unspecified atom stereocenters. The first kappa shape index (κ1) is 23.8. The zero-order valence-corrected chi connectivity index (χ0v) is 20.4. The van der Waals surface area contributed by atoms with Crippen LogP contribution < -0.4 is 9.64 Å². The average molecular weight is 524 g/mol. The van der Waals surface area contributed by atoms with Crippen LogP contribution in [0, 0.1) is 5.82 Å². The summed E-state index contributed by atoms with van der Waals surface area (Å²) < 4.78 is 24.3. The lowest BCUT2D eigenvalue weighted by Crippen LogP contribution is -2.31. The summed E-state index contributed by atoms with van der Waals surface area (Å²) >= 11 is 2.52. The standard InChI is InChI=1S/C25H18FN3O5S2/c1-33-17-5-2-4-15(12-17)20-19(21(30)18-6-3-11-34-18)22(31)23(32)29(20)24-27-28-25(36-24)35-13-14-7-9-16(26)10-8-14/h2-12,20,31H,13H2,1H3. The highest BCUT2D eigenvalue weighted by molar-refractivity contribution is 8.00. The highest BCUT2D eigenvalue weighted by atomic mass is 32.2. The number of carbonyl (C=O) groups excluding carboxylic acids is 2. The zero-order chi connectivity index (χ0) is 25.2. The van der Waals surface area contributed by atoms with Crippen LogP contribution in [0.5, 0.6) is 5.75 Å². The Morgan fingerprint density at radius 3 is 2.72 bits per heavy atom. The zero-order valence-electron chi connectivity index (χ0n) is 18.8. The van der Waals surface area contributed by atoms with Crippen molar-refractivity contribution >= 4 is 39.9 Å². The van der Waals surface area contributed by atoms with Crippen LogP contribution >= 0.6 is 23.1 Å². The molecule has 36 heavy (non-hydrogen) atoms. The van der Waals surface area contributed by atoms with Crippen LogP contribution in [-0.4, -0.2) is 34.1 Å². The van der Waals surface area contributed by atoms with Gasteiger partial charge in [-0.3, -0.25) is 14.5 Å². The molecule has 0 fully saturated rings. The van der Waals surface area contributed by atoms with Crippen LogP contribution in [0.15, 0.2) is 87.0 Å². The summed E-state index contributed by atoms with van der Waals surface area (Å²) in [7, 11) is 1.51. The fourth-order valence-electron chi connectivity index (χ4n) is 3.79. The average Bonchev–Trinajstić information content (AvgIpc) is 3.64. The second kappa shape index (κ2) is 9.96. The lowest BCUT2D eigenvalue weighted by molar-refractivity contribution is -0.117. The number of amides is 1. The Morgan fingerprint density at radius 1 is 1.19 bits per heavy atom. The SMILES string of the molecule is COc1cccc(C2C(C(=O)c3ccco3)=C(O)C(=O)N2c2nnc(SCc3ccc(F)cc3)s2)c1. The predicted octanol–water partition coefficient (Wildman–Crippen LogP) is 5.35. The molecule has 0 saturated heterocycles. The molecule has 2 aromatic heterocycles. The van der Waals surface area contributed by atoms with Crippen molar-refractivity contribution < 1.29 is 28.2 Å². The van der Waals surface area contributed by atoms with Gasteiger partial charge in [0.15, 0.2) is 15.9 Å². The summed E-state index contributed by atoms with van der Waals surface area (Å²) in [5.74, 6) is -1.35. The van der Waals surface area contributed by atoms with Gasteiger partial charge in [-0.05, 0) is 47.5 Å².